The lowest BCUT2D eigenvalue weighted by Crippen LogP contribution is -2.47. The van der Waals surface area contributed by atoms with Crippen LogP contribution in [0.3, 0.4) is 0 Å². The molecule has 0 N–H and O–H groups in total. The van der Waals surface area contributed by atoms with Gasteiger partial charge in [0.25, 0.3) is 5.91 Å². The number of likely N-dealkylation sites (tertiary alicyclic amines) is 1. The minimum absolute atomic E-state index is 0.00285. The first-order chi connectivity index (χ1) is 11.1. The molecule has 23 heavy (non-hydrogen) atoms. The molecule has 1 fully saturated rings. The van der Waals surface area contributed by atoms with E-state index in [1.165, 1.54) is 0 Å². The summed E-state index contributed by atoms with van der Waals surface area (Å²) in [6.07, 6.45) is 2.20. The molecular formula is C18H24N4O. The van der Waals surface area contributed by atoms with E-state index in [9.17, 15) is 4.79 Å². The molecule has 0 aliphatic carbocycles. The summed E-state index contributed by atoms with van der Waals surface area (Å²) in [6, 6.07) is 12.1. The molecule has 1 atom stereocenters. The smallest absolute Gasteiger partial charge is 0.274 e. The van der Waals surface area contributed by atoms with Gasteiger partial charge in [0, 0.05) is 25.3 Å². The Labute approximate surface area is 137 Å². The fourth-order valence-electron chi connectivity index (χ4n) is 3.21. The highest BCUT2D eigenvalue weighted by Gasteiger charge is 2.26. The van der Waals surface area contributed by atoms with Gasteiger partial charge in [-0.3, -0.25) is 4.79 Å². The van der Waals surface area contributed by atoms with Gasteiger partial charge < -0.3 is 9.80 Å². The van der Waals surface area contributed by atoms with Crippen LogP contribution in [0, 0.1) is 6.92 Å². The quantitative estimate of drug-likeness (QED) is 0.873. The number of carbonyl (C=O) groups is 1. The van der Waals surface area contributed by atoms with Crippen molar-refractivity contribution in [2.24, 2.45) is 0 Å². The zero-order chi connectivity index (χ0) is 16.4. The largest absolute Gasteiger partial charge is 0.336 e. The zero-order valence-electron chi connectivity index (χ0n) is 14.1. The van der Waals surface area contributed by atoms with Gasteiger partial charge in [0.05, 0.1) is 5.69 Å². The molecule has 0 unspecified atom stereocenters. The molecule has 122 valence electrons. The highest BCUT2D eigenvalue weighted by molar-refractivity contribution is 5.92. The van der Waals surface area contributed by atoms with Gasteiger partial charge in [-0.05, 0) is 51.6 Å². The number of rotatable bonds is 3. The van der Waals surface area contributed by atoms with Gasteiger partial charge in [0.15, 0.2) is 5.69 Å². The highest BCUT2D eigenvalue weighted by Crippen LogP contribution is 2.17. The molecule has 5 heteroatoms. The second-order valence-corrected chi connectivity index (χ2v) is 6.39. The summed E-state index contributed by atoms with van der Waals surface area (Å²) in [7, 11) is 4.00. The molecule has 2 aromatic rings. The number of benzene rings is 1. The fraction of sp³-hybridized carbons (Fsp3) is 0.444. The summed E-state index contributed by atoms with van der Waals surface area (Å²) in [5.74, 6) is 0.00285. The summed E-state index contributed by atoms with van der Waals surface area (Å²) >= 11 is 0. The Bertz CT molecular complexity index is 680. The molecule has 1 aliphatic heterocycles. The Morgan fingerprint density at radius 3 is 2.74 bits per heavy atom. The van der Waals surface area contributed by atoms with E-state index in [0.29, 0.717) is 5.69 Å². The first-order valence-corrected chi connectivity index (χ1v) is 8.14. The van der Waals surface area contributed by atoms with E-state index >= 15 is 0 Å². The van der Waals surface area contributed by atoms with E-state index in [1.54, 1.807) is 0 Å². The lowest BCUT2D eigenvalue weighted by molar-refractivity contribution is 0.0638. The van der Waals surface area contributed by atoms with Crippen molar-refractivity contribution in [2.45, 2.75) is 25.8 Å². The number of hydrogen-bond donors (Lipinski definition) is 0. The van der Waals surface area contributed by atoms with Crippen LogP contribution < -0.4 is 0 Å². The Balaban J connectivity index is 1.80. The van der Waals surface area contributed by atoms with Crippen molar-refractivity contribution in [1.29, 1.82) is 0 Å². The first kappa shape index (κ1) is 15.7. The Morgan fingerprint density at radius 1 is 1.30 bits per heavy atom. The third-order valence-electron chi connectivity index (χ3n) is 4.57. The lowest BCUT2D eigenvalue weighted by atomic mass is 10.0. The van der Waals surface area contributed by atoms with E-state index in [1.807, 2.05) is 60.0 Å². The Hall–Kier alpha value is -2.14. The molecule has 2 heterocycles. The fourth-order valence-corrected chi connectivity index (χ4v) is 3.21. The molecule has 0 spiro atoms. The van der Waals surface area contributed by atoms with E-state index in [2.05, 4.69) is 17.0 Å². The summed E-state index contributed by atoms with van der Waals surface area (Å²) in [6.45, 7) is 4.02. The average molecular weight is 312 g/mol. The summed E-state index contributed by atoms with van der Waals surface area (Å²) in [5, 5.41) is 4.53. The number of aromatic nitrogens is 2. The number of hydrogen-bond acceptors (Lipinski definition) is 3. The van der Waals surface area contributed by atoms with Crippen molar-refractivity contribution in [1.82, 2.24) is 19.6 Å². The van der Waals surface area contributed by atoms with Crippen LogP contribution in [0.5, 0.6) is 0 Å². The summed E-state index contributed by atoms with van der Waals surface area (Å²) in [5.41, 5.74) is 2.46. The Kier molecular flexibility index (Phi) is 4.48. The molecule has 3 rings (SSSR count). The van der Waals surface area contributed by atoms with E-state index in [0.717, 1.165) is 37.3 Å². The number of nitrogens with zero attached hydrogens (tertiary/aromatic N) is 4. The van der Waals surface area contributed by atoms with Crippen LogP contribution in [0.15, 0.2) is 36.4 Å². The van der Waals surface area contributed by atoms with Crippen LogP contribution >= 0.6 is 0 Å². The molecule has 0 saturated carbocycles. The topological polar surface area (TPSA) is 41.4 Å². The minimum Gasteiger partial charge on any atom is -0.336 e. The number of amides is 1. The molecule has 1 aromatic carbocycles. The minimum atomic E-state index is 0.00285. The molecule has 1 amide bonds. The normalized spacial score (nSPS) is 18.8. The summed E-state index contributed by atoms with van der Waals surface area (Å²) < 4.78 is 1.83. The maximum Gasteiger partial charge on any atom is 0.274 e. The predicted octanol–water partition coefficient (Wildman–Crippen LogP) is 2.35. The number of aryl methyl sites for hydroxylation is 1. The number of para-hydroxylation sites is 1. The SMILES string of the molecule is Cc1cc(C(=O)N(C)[C@@H]2CCCN(C)C2)nn1-c1ccccc1. The summed E-state index contributed by atoms with van der Waals surface area (Å²) in [4.78, 5) is 16.9. The molecule has 1 aromatic heterocycles. The molecule has 1 aliphatic rings. The van der Waals surface area contributed by atoms with Crippen molar-refractivity contribution in [2.75, 3.05) is 27.2 Å². The highest BCUT2D eigenvalue weighted by atomic mass is 16.2. The molecule has 5 nitrogen and oxygen atoms in total. The van der Waals surface area contributed by atoms with Gasteiger partial charge in [-0.2, -0.15) is 5.10 Å². The van der Waals surface area contributed by atoms with Gasteiger partial charge in [-0.15, -0.1) is 0 Å². The monoisotopic (exact) mass is 312 g/mol. The first-order valence-electron chi connectivity index (χ1n) is 8.14. The molecule has 0 bridgehead atoms. The van der Waals surface area contributed by atoms with Crippen LogP contribution in [0.25, 0.3) is 5.69 Å². The van der Waals surface area contributed by atoms with Crippen molar-refractivity contribution < 1.29 is 4.79 Å². The van der Waals surface area contributed by atoms with E-state index in [4.69, 9.17) is 0 Å². The third kappa shape index (κ3) is 3.29. The second kappa shape index (κ2) is 6.54. The van der Waals surface area contributed by atoms with Crippen LogP contribution in [-0.4, -0.2) is 58.7 Å². The van der Waals surface area contributed by atoms with Gasteiger partial charge in [-0.25, -0.2) is 4.68 Å². The maximum atomic E-state index is 12.8. The molecule has 1 saturated heterocycles. The van der Waals surface area contributed by atoms with Crippen LogP contribution in [0.4, 0.5) is 0 Å². The number of likely N-dealkylation sites (N-methyl/N-ethyl adjacent to an activating group) is 2. The lowest BCUT2D eigenvalue weighted by Gasteiger charge is -2.35. The average Bonchev–Trinajstić information content (AvgIpc) is 2.96. The van der Waals surface area contributed by atoms with Crippen LogP contribution in [0.2, 0.25) is 0 Å². The molecular weight excluding hydrogens is 288 g/mol. The van der Waals surface area contributed by atoms with Crippen LogP contribution in [-0.2, 0) is 0 Å². The van der Waals surface area contributed by atoms with Crippen molar-refractivity contribution in [3.63, 3.8) is 0 Å². The standard InChI is InChI=1S/C18H24N4O/c1-14-12-17(19-22(14)15-8-5-4-6-9-15)18(23)21(3)16-10-7-11-20(2)13-16/h4-6,8-9,12,16H,7,10-11,13H2,1-3H3/t16-/m1/s1. The third-order valence-corrected chi connectivity index (χ3v) is 4.57. The van der Waals surface area contributed by atoms with Gasteiger partial charge in [-0.1, -0.05) is 18.2 Å². The van der Waals surface area contributed by atoms with Gasteiger partial charge >= 0.3 is 0 Å². The van der Waals surface area contributed by atoms with Crippen molar-refractivity contribution in [3.8, 4) is 5.69 Å². The van der Waals surface area contributed by atoms with Crippen molar-refractivity contribution in [3.05, 3.63) is 47.8 Å². The zero-order valence-corrected chi connectivity index (χ0v) is 14.1. The van der Waals surface area contributed by atoms with Gasteiger partial charge in [0.1, 0.15) is 0 Å². The van der Waals surface area contributed by atoms with Crippen molar-refractivity contribution >= 4 is 5.91 Å². The number of carbonyl (C=O) groups excluding carboxylic acids is 1. The van der Waals surface area contributed by atoms with E-state index < -0.39 is 0 Å². The molecule has 0 radical (unpaired) electrons. The Morgan fingerprint density at radius 2 is 2.04 bits per heavy atom. The van der Waals surface area contributed by atoms with Gasteiger partial charge in [0.2, 0.25) is 0 Å². The van der Waals surface area contributed by atoms with Crippen LogP contribution in [0.1, 0.15) is 29.0 Å². The number of piperidine rings is 1. The maximum absolute atomic E-state index is 12.8. The van der Waals surface area contributed by atoms with E-state index in [-0.39, 0.29) is 11.9 Å². The second-order valence-electron chi connectivity index (χ2n) is 6.39. The predicted molar refractivity (Wildman–Crippen MR) is 90.9 cm³/mol.